The average Bonchev–Trinajstić information content (AvgIpc) is 2.87. The fraction of sp³-hybridized carbons (Fsp3) is 0.286. The summed E-state index contributed by atoms with van der Waals surface area (Å²) in [5.41, 5.74) is 7.08. The number of hydrogen-bond donors (Lipinski definition) is 1. The van der Waals surface area contributed by atoms with Crippen molar-refractivity contribution in [1.82, 2.24) is 9.55 Å². The van der Waals surface area contributed by atoms with Crippen molar-refractivity contribution in [3.63, 3.8) is 0 Å². The molecule has 0 aliphatic carbocycles. The zero-order valence-electron chi connectivity index (χ0n) is 10.9. The van der Waals surface area contributed by atoms with Crippen LogP contribution < -0.4 is 10.5 Å². The maximum Gasteiger partial charge on any atom is 0.213 e. The van der Waals surface area contributed by atoms with Crippen molar-refractivity contribution in [2.75, 3.05) is 7.11 Å². The topological polar surface area (TPSA) is 76.9 Å². The van der Waals surface area contributed by atoms with Gasteiger partial charge in [-0.1, -0.05) is 12.1 Å². The molecule has 0 radical (unpaired) electrons. The highest BCUT2D eigenvalue weighted by molar-refractivity contribution is 5.31. The first-order chi connectivity index (χ1) is 9.17. The third-order valence-electron chi connectivity index (χ3n) is 3.02. The summed E-state index contributed by atoms with van der Waals surface area (Å²) < 4.78 is 6.94. The van der Waals surface area contributed by atoms with E-state index in [9.17, 15) is 0 Å². The van der Waals surface area contributed by atoms with Crippen molar-refractivity contribution in [3.8, 4) is 11.8 Å². The Bertz CT molecular complexity index is 580. The van der Waals surface area contributed by atoms with E-state index in [0.717, 1.165) is 11.3 Å². The molecule has 98 valence electrons. The summed E-state index contributed by atoms with van der Waals surface area (Å²) in [6.07, 6.45) is 3.38. The van der Waals surface area contributed by atoms with Crippen molar-refractivity contribution >= 4 is 0 Å². The van der Waals surface area contributed by atoms with Gasteiger partial charge in [-0.25, -0.2) is 4.98 Å². The fourth-order valence-corrected chi connectivity index (χ4v) is 2.14. The van der Waals surface area contributed by atoms with Crippen LogP contribution in [-0.2, 0) is 0 Å². The van der Waals surface area contributed by atoms with Gasteiger partial charge < -0.3 is 15.0 Å². The molecular weight excluding hydrogens is 240 g/mol. The third kappa shape index (κ3) is 2.59. The van der Waals surface area contributed by atoms with Gasteiger partial charge >= 0.3 is 0 Å². The summed E-state index contributed by atoms with van der Waals surface area (Å²) >= 11 is 0. The molecule has 1 heterocycles. The number of hydrogen-bond acceptors (Lipinski definition) is 4. The maximum atomic E-state index is 9.07. The third-order valence-corrected chi connectivity index (χ3v) is 3.02. The highest BCUT2D eigenvalue weighted by Gasteiger charge is 2.20. The van der Waals surface area contributed by atoms with E-state index in [-0.39, 0.29) is 12.1 Å². The van der Waals surface area contributed by atoms with Gasteiger partial charge in [-0.2, -0.15) is 5.26 Å². The second-order valence-electron chi connectivity index (χ2n) is 4.35. The molecule has 2 atom stereocenters. The number of aromatic nitrogens is 2. The van der Waals surface area contributed by atoms with Gasteiger partial charge in [0, 0.05) is 18.4 Å². The SMILES string of the molecule is COc1ccc(C(C(C)N)n2ccnc2C#N)cc1. The predicted molar refractivity (Wildman–Crippen MR) is 71.7 cm³/mol. The lowest BCUT2D eigenvalue weighted by molar-refractivity contribution is 0.414. The lowest BCUT2D eigenvalue weighted by Gasteiger charge is -2.23. The molecule has 19 heavy (non-hydrogen) atoms. The van der Waals surface area contributed by atoms with Crippen LogP contribution in [0.15, 0.2) is 36.7 Å². The summed E-state index contributed by atoms with van der Waals surface area (Å²) in [4.78, 5) is 4.02. The summed E-state index contributed by atoms with van der Waals surface area (Å²) in [6, 6.07) is 9.48. The molecular formula is C14H16N4O. The fourth-order valence-electron chi connectivity index (χ4n) is 2.14. The Kier molecular flexibility index (Phi) is 3.83. The monoisotopic (exact) mass is 256 g/mol. The van der Waals surface area contributed by atoms with Crippen molar-refractivity contribution < 1.29 is 4.74 Å². The van der Waals surface area contributed by atoms with Crippen LogP contribution in [0.5, 0.6) is 5.75 Å². The first-order valence-electron chi connectivity index (χ1n) is 6.00. The average molecular weight is 256 g/mol. The van der Waals surface area contributed by atoms with E-state index in [1.54, 1.807) is 24.1 Å². The smallest absolute Gasteiger partial charge is 0.213 e. The summed E-state index contributed by atoms with van der Waals surface area (Å²) in [5, 5.41) is 9.07. The molecule has 0 fully saturated rings. The van der Waals surface area contributed by atoms with Crippen LogP contribution in [0.2, 0.25) is 0 Å². The number of ether oxygens (including phenoxy) is 1. The van der Waals surface area contributed by atoms with E-state index in [2.05, 4.69) is 11.1 Å². The van der Waals surface area contributed by atoms with Crippen LogP contribution in [0.4, 0.5) is 0 Å². The second kappa shape index (κ2) is 5.55. The van der Waals surface area contributed by atoms with Crippen molar-refractivity contribution in [3.05, 3.63) is 48.0 Å². The molecule has 2 aromatic rings. The van der Waals surface area contributed by atoms with Crippen LogP contribution in [-0.4, -0.2) is 22.7 Å². The molecule has 0 aliphatic rings. The lowest BCUT2D eigenvalue weighted by atomic mass is 10.0. The molecule has 2 unspecified atom stereocenters. The van der Waals surface area contributed by atoms with Crippen LogP contribution in [0, 0.1) is 11.3 Å². The number of benzene rings is 1. The zero-order valence-corrected chi connectivity index (χ0v) is 10.9. The number of methoxy groups -OCH3 is 1. The minimum absolute atomic E-state index is 0.122. The Balaban J connectivity index is 2.43. The van der Waals surface area contributed by atoms with Gasteiger partial charge in [0.1, 0.15) is 11.8 Å². The molecule has 2 N–H and O–H groups in total. The van der Waals surface area contributed by atoms with Crippen molar-refractivity contribution in [2.24, 2.45) is 5.73 Å². The molecule has 2 rings (SSSR count). The van der Waals surface area contributed by atoms with E-state index in [1.807, 2.05) is 31.2 Å². The summed E-state index contributed by atoms with van der Waals surface area (Å²) in [7, 11) is 1.63. The van der Waals surface area contributed by atoms with Gasteiger partial charge in [0.2, 0.25) is 5.82 Å². The second-order valence-corrected chi connectivity index (χ2v) is 4.35. The number of nitrogens with zero attached hydrogens (tertiary/aromatic N) is 3. The molecule has 0 bridgehead atoms. The first kappa shape index (κ1) is 13.1. The molecule has 1 aromatic heterocycles. The number of imidazole rings is 1. The van der Waals surface area contributed by atoms with E-state index < -0.39 is 0 Å². The van der Waals surface area contributed by atoms with E-state index in [4.69, 9.17) is 15.7 Å². The molecule has 5 nitrogen and oxygen atoms in total. The highest BCUT2D eigenvalue weighted by atomic mass is 16.5. The van der Waals surface area contributed by atoms with E-state index in [1.165, 1.54) is 0 Å². The van der Waals surface area contributed by atoms with Crippen LogP contribution in [0.1, 0.15) is 24.4 Å². The Hall–Kier alpha value is -2.32. The van der Waals surface area contributed by atoms with Crippen molar-refractivity contribution in [1.29, 1.82) is 5.26 Å². The van der Waals surface area contributed by atoms with Gasteiger partial charge in [-0.05, 0) is 24.6 Å². The van der Waals surface area contributed by atoms with Gasteiger partial charge in [-0.15, -0.1) is 0 Å². The van der Waals surface area contributed by atoms with Crippen LogP contribution in [0.3, 0.4) is 0 Å². The Morgan fingerprint density at radius 2 is 2.05 bits per heavy atom. The molecule has 0 saturated heterocycles. The van der Waals surface area contributed by atoms with Gasteiger partial charge in [-0.3, -0.25) is 0 Å². The summed E-state index contributed by atoms with van der Waals surface area (Å²) in [6.45, 7) is 1.91. The first-order valence-corrected chi connectivity index (χ1v) is 6.00. The summed E-state index contributed by atoms with van der Waals surface area (Å²) in [5.74, 6) is 1.15. The quantitative estimate of drug-likeness (QED) is 0.903. The van der Waals surface area contributed by atoms with Crippen LogP contribution >= 0.6 is 0 Å². The Morgan fingerprint density at radius 3 is 2.58 bits per heavy atom. The number of rotatable bonds is 4. The van der Waals surface area contributed by atoms with Gasteiger partial charge in [0.25, 0.3) is 0 Å². The van der Waals surface area contributed by atoms with Crippen molar-refractivity contribution in [2.45, 2.75) is 19.0 Å². The molecule has 0 spiro atoms. The Labute approximate surface area is 112 Å². The maximum absolute atomic E-state index is 9.07. The van der Waals surface area contributed by atoms with E-state index in [0.29, 0.717) is 5.82 Å². The Morgan fingerprint density at radius 1 is 1.37 bits per heavy atom. The zero-order chi connectivity index (χ0) is 13.8. The molecule has 1 aromatic carbocycles. The van der Waals surface area contributed by atoms with Gasteiger partial charge in [0.05, 0.1) is 13.2 Å². The highest BCUT2D eigenvalue weighted by Crippen LogP contribution is 2.24. The van der Waals surface area contributed by atoms with E-state index >= 15 is 0 Å². The normalized spacial score (nSPS) is 13.6. The molecule has 5 heteroatoms. The lowest BCUT2D eigenvalue weighted by Crippen LogP contribution is -2.30. The molecule has 0 saturated carbocycles. The predicted octanol–water partition coefficient (Wildman–Crippen LogP) is 1.70. The largest absolute Gasteiger partial charge is 0.497 e. The number of nitrogens with two attached hydrogens (primary N) is 1. The minimum atomic E-state index is -0.144. The van der Waals surface area contributed by atoms with Crippen LogP contribution in [0.25, 0.3) is 0 Å². The molecule has 0 aliphatic heterocycles. The minimum Gasteiger partial charge on any atom is -0.497 e. The number of nitriles is 1. The standard InChI is InChI=1S/C14H16N4O/c1-10(16)14(18-8-7-17-13(18)9-15)11-3-5-12(19-2)6-4-11/h3-8,10,14H,16H2,1-2H3. The molecule has 0 amide bonds. The van der Waals surface area contributed by atoms with Gasteiger partial charge in [0.15, 0.2) is 0 Å².